The maximum atomic E-state index is 14.1. The molecule has 2 aromatic carbocycles. The number of ether oxygens (including phenoxy) is 2. The number of carbonyl (C=O) groups is 1. The highest BCUT2D eigenvalue weighted by Gasteiger charge is 2.44. The topological polar surface area (TPSA) is 106 Å². The SMILES string of the molecule is CCN(CC1CCC(CC(=O)O)CC1)c1cc2c(cc1CN(Cc1cc(C(F)(F)F)cc(C(F)(F)F)c1)c1nnn(C)n1)OC(F)(F)O2.Cl. The molecule has 2 aliphatic rings. The number of carboxylic acids is 1. The molecule has 1 aromatic heterocycles. The maximum absolute atomic E-state index is 14.1. The van der Waals surface area contributed by atoms with Gasteiger partial charge in [0.05, 0.1) is 18.2 Å². The first kappa shape index (κ1) is 37.7. The van der Waals surface area contributed by atoms with E-state index in [2.05, 4.69) is 20.1 Å². The van der Waals surface area contributed by atoms with Crippen LogP contribution in [0.1, 0.15) is 61.3 Å². The summed E-state index contributed by atoms with van der Waals surface area (Å²) < 4.78 is 120. The molecule has 1 aliphatic carbocycles. The average Bonchev–Trinajstić information content (AvgIpc) is 3.55. The van der Waals surface area contributed by atoms with Gasteiger partial charge in [0.1, 0.15) is 0 Å². The standard InChI is InChI=1S/C30H32F8N6O4.ClH/c1-3-43(14-18-6-4-17(5-7-18)10-26(45)46)23-13-25-24(47-30(37,38)48-25)11-20(23)16-44(27-39-41-42(2)40-27)15-19-8-21(28(31,32)33)12-22(9-19)29(34,35)36;/h8-9,11-13,17-18H,3-7,10,14-16H2,1-2H3,(H,45,46);1H. The molecule has 49 heavy (non-hydrogen) atoms. The predicted octanol–water partition coefficient (Wildman–Crippen LogP) is 7.31. The number of benzene rings is 2. The van der Waals surface area contributed by atoms with E-state index in [0.717, 1.165) is 17.6 Å². The number of hydrogen-bond acceptors (Lipinski definition) is 8. The number of aryl methyl sites for hydroxylation is 1. The smallest absolute Gasteiger partial charge is 0.481 e. The van der Waals surface area contributed by atoms with Crippen molar-refractivity contribution in [1.82, 2.24) is 20.2 Å². The number of aliphatic carboxylic acids is 1. The van der Waals surface area contributed by atoms with Gasteiger partial charge in [0.2, 0.25) is 0 Å². The molecule has 1 fully saturated rings. The van der Waals surface area contributed by atoms with Crippen LogP contribution in [0.25, 0.3) is 0 Å². The maximum Gasteiger partial charge on any atom is 0.586 e. The molecule has 2 heterocycles. The van der Waals surface area contributed by atoms with Crippen LogP contribution in [0.15, 0.2) is 30.3 Å². The van der Waals surface area contributed by atoms with Crippen LogP contribution in [0.3, 0.4) is 0 Å². The summed E-state index contributed by atoms with van der Waals surface area (Å²) in [6.45, 7) is 1.89. The van der Waals surface area contributed by atoms with Crippen LogP contribution < -0.4 is 19.3 Å². The lowest BCUT2D eigenvalue weighted by Gasteiger charge is -2.34. The summed E-state index contributed by atoms with van der Waals surface area (Å²) in [6, 6.07) is 3.87. The van der Waals surface area contributed by atoms with Gasteiger partial charge in [-0.25, -0.2) is 0 Å². The second kappa shape index (κ2) is 14.4. The molecule has 0 saturated heterocycles. The van der Waals surface area contributed by atoms with Crippen molar-refractivity contribution in [3.05, 3.63) is 52.6 Å². The third kappa shape index (κ3) is 9.33. The fraction of sp³-hybridized carbons (Fsp3) is 0.533. The number of halogens is 9. The van der Waals surface area contributed by atoms with Gasteiger partial charge in [-0.1, -0.05) is 5.10 Å². The average molecular weight is 729 g/mol. The molecule has 0 bridgehead atoms. The van der Waals surface area contributed by atoms with E-state index in [4.69, 9.17) is 9.84 Å². The molecule has 19 heteroatoms. The van der Waals surface area contributed by atoms with E-state index in [1.807, 2.05) is 11.8 Å². The molecule has 270 valence electrons. The Morgan fingerprint density at radius 2 is 1.49 bits per heavy atom. The van der Waals surface area contributed by atoms with Crippen molar-refractivity contribution in [2.24, 2.45) is 18.9 Å². The van der Waals surface area contributed by atoms with Crippen molar-refractivity contribution in [3.8, 4) is 11.5 Å². The lowest BCUT2D eigenvalue weighted by molar-refractivity contribution is -0.286. The van der Waals surface area contributed by atoms with E-state index >= 15 is 0 Å². The zero-order valence-electron chi connectivity index (χ0n) is 26.2. The van der Waals surface area contributed by atoms with Gasteiger partial charge in [-0.05, 0) is 85.0 Å². The van der Waals surface area contributed by atoms with E-state index in [1.165, 1.54) is 24.1 Å². The Bertz CT molecular complexity index is 1600. The molecule has 0 atom stereocenters. The molecule has 10 nitrogen and oxygen atoms in total. The summed E-state index contributed by atoms with van der Waals surface area (Å²) in [7, 11) is 1.42. The van der Waals surface area contributed by atoms with E-state index in [1.54, 1.807) is 0 Å². The second-order valence-electron chi connectivity index (χ2n) is 12.0. The van der Waals surface area contributed by atoms with Gasteiger partial charge in [-0.3, -0.25) is 4.79 Å². The first-order valence-corrected chi connectivity index (χ1v) is 15.1. The van der Waals surface area contributed by atoms with Crippen molar-refractivity contribution in [2.45, 2.75) is 70.8 Å². The minimum atomic E-state index is -5.07. The summed E-state index contributed by atoms with van der Waals surface area (Å²) in [6.07, 6.45) is -11.2. The van der Waals surface area contributed by atoms with Crippen LogP contribution in [0, 0.1) is 11.8 Å². The minimum Gasteiger partial charge on any atom is -0.481 e. The number of alkyl halides is 8. The van der Waals surface area contributed by atoms with Crippen LogP contribution in [0.5, 0.6) is 11.5 Å². The molecule has 0 amide bonds. The number of hydrogen-bond donors (Lipinski definition) is 1. The predicted molar refractivity (Wildman–Crippen MR) is 161 cm³/mol. The van der Waals surface area contributed by atoms with E-state index in [9.17, 15) is 39.9 Å². The Labute approximate surface area is 281 Å². The van der Waals surface area contributed by atoms with Gasteiger partial charge < -0.3 is 24.4 Å². The summed E-state index contributed by atoms with van der Waals surface area (Å²) >= 11 is 0. The zero-order valence-corrected chi connectivity index (χ0v) is 27.0. The molecular formula is C30H33ClF8N6O4. The van der Waals surface area contributed by atoms with E-state index in [-0.39, 0.29) is 66.3 Å². The van der Waals surface area contributed by atoms with E-state index < -0.39 is 42.3 Å². The van der Waals surface area contributed by atoms with Gasteiger partial charge in [-0.15, -0.1) is 26.3 Å². The monoisotopic (exact) mass is 728 g/mol. The molecular weight excluding hydrogens is 696 g/mol. The summed E-state index contributed by atoms with van der Waals surface area (Å²) in [5.41, 5.74) is -2.61. The number of nitrogens with zero attached hydrogens (tertiary/aromatic N) is 6. The normalized spacial score (nSPS) is 18.6. The molecule has 0 unspecified atom stereocenters. The van der Waals surface area contributed by atoms with Crippen molar-refractivity contribution >= 4 is 30.0 Å². The molecule has 1 saturated carbocycles. The number of rotatable bonds is 11. The number of aromatic nitrogens is 4. The highest BCUT2D eigenvalue weighted by Crippen LogP contribution is 2.46. The number of fused-ring (bicyclic) bond motifs is 1. The highest BCUT2D eigenvalue weighted by molar-refractivity contribution is 5.85. The van der Waals surface area contributed by atoms with Crippen LogP contribution in [0.2, 0.25) is 0 Å². The summed E-state index contributed by atoms with van der Waals surface area (Å²) in [5, 5.41) is 20.9. The van der Waals surface area contributed by atoms with Crippen LogP contribution in [-0.2, 0) is 37.3 Å². The van der Waals surface area contributed by atoms with Gasteiger partial charge in [0, 0.05) is 44.4 Å². The van der Waals surface area contributed by atoms with Crippen LogP contribution in [-0.4, -0.2) is 50.7 Å². The van der Waals surface area contributed by atoms with Crippen molar-refractivity contribution < 1.29 is 54.5 Å². The third-order valence-electron chi connectivity index (χ3n) is 8.40. The Morgan fingerprint density at radius 1 is 0.918 bits per heavy atom. The Hall–Kier alpha value is -4.09. The molecule has 0 radical (unpaired) electrons. The summed E-state index contributed by atoms with van der Waals surface area (Å²) in [5.74, 6) is -1.37. The fourth-order valence-electron chi connectivity index (χ4n) is 6.16. The van der Waals surface area contributed by atoms with Crippen molar-refractivity contribution in [3.63, 3.8) is 0 Å². The zero-order chi connectivity index (χ0) is 35.0. The molecule has 0 spiro atoms. The largest absolute Gasteiger partial charge is 0.586 e. The lowest BCUT2D eigenvalue weighted by Crippen LogP contribution is -2.33. The second-order valence-corrected chi connectivity index (χ2v) is 12.0. The molecule has 5 rings (SSSR count). The van der Waals surface area contributed by atoms with Gasteiger partial charge >= 0.3 is 24.6 Å². The van der Waals surface area contributed by atoms with E-state index in [0.29, 0.717) is 49.3 Å². The van der Waals surface area contributed by atoms with Crippen molar-refractivity contribution in [2.75, 3.05) is 22.9 Å². The lowest BCUT2D eigenvalue weighted by atomic mass is 9.80. The van der Waals surface area contributed by atoms with Crippen LogP contribution >= 0.6 is 12.4 Å². The van der Waals surface area contributed by atoms with Gasteiger partial charge in [-0.2, -0.15) is 31.1 Å². The summed E-state index contributed by atoms with van der Waals surface area (Å²) in [4.78, 5) is 15.4. The first-order chi connectivity index (χ1) is 22.4. The number of carboxylic acid groups (broad SMARTS) is 1. The first-order valence-electron chi connectivity index (χ1n) is 15.1. The Kier molecular flexibility index (Phi) is 11.1. The number of anilines is 2. The minimum absolute atomic E-state index is 0. The van der Waals surface area contributed by atoms with Gasteiger partial charge in [0.25, 0.3) is 5.95 Å². The Balaban J connectivity index is 0.00000541. The Morgan fingerprint density at radius 3 is 2.00 bits per heavy atom. The quantitative estimate of drug-likeness (QED) is 0.204. The highest BCUT2D eigenvalue weighted by atomic mass is 35.5. The molecule has 1 N–H and O–H groups in total. The van der Waals surface area contributed by atoms with Crippen LogP contribution in [0.4, 0.5) is 46.8 Å². The molecule has 1 aliphatic heterocycles. The number of tetrazole rings is 1. The molecule has 3 aromatic rings. The van der Waals surface area contributed by atoms with Gasteiger partial charge in [0.15, 0.2) is 11.5 Å². The van der Waals surface area contributed by atoms with Crippen molar-refractivity contribution in [1.29, 1.82) is 0 Å². The fourth-order valence-corrected chi connectivity index (χ4v) is 6.16. The third-order valence-corrected chi connectivity index (χ3v) is 8.40.